The van der Waals surface area contributed by atoms with Crippen LogP contribution in [0.25, 0.3) is 0 Å². The van der Waals surface area contributed by atoms with Gasteiger partial charge in [-0.15, -0.1) is 0 Å². The Morgan fingerprint density at radius 1 is 1.19 bits per heavy atom. The van der Waals surface area contributed by atoms with Gasteiger partial charge in [0.1, 0.15) is 12.1 Å². The molecule has 1 aliphatic heterocycles. The van der Waals surface area contributed by atoms with Gasteiger partial charge in [0.15, 0.2) is 0 Å². The normalized spacial score (nSPS) is 19.5. The number of aryl methyl sites for hydroxylation is 1. The van der Waals surface area contributed by atoms with E-state index in [2.05, 4.69) is 16.0 Å². The number of amides is 6. The summed E-state index contributed by atoms with van der Waals surface area (Å²) in [6, 6.07) is 8.18. The van der Waals surface area contributed by atoms with Crippen LogP contribution < -0.4 is 16.0 Å². The zero-order valence-corrected chi connectivity index (χ0v) is 15.2. The van der Waals surface area contributed by atoms with Gasteiger partial charge in [0.05, 0.1) is 0 Å². The summed E-state index contributed by atoms with van der Waals surface area (Å²) in [6.07, 6.45) is 1.02. The number of nitrogens with zero attached hydrogens (tertiary/aromatic N) is 1. The van der Waals surface area contributed by atoms with Gasteiger partial charge in [-0.05, 0) is 39.2 Å². The summed E-state index contributed by atoms with van der Waals surface area (Å²) < 4.78 is 0. The summed E-state index contributed by atoms with van der Waals surface area (Å²) >= 11 is 0. The minimum atomic E-state index is -1.08. The minimum Gasteiger partial charge on any atom is -0.336 e. The van der Waals surface area contributed by atoms with Gasteiger partial charge in [-0.25, -0.2) is 9.59 Å². The number of urea groups is 2. The van der Waals surface area contributed by atoms with Gasteiger partial charge in [-0.3, -0.25) is 19.8 Å². The number of imide groups is 2. The molecule has 0 radical (unpaired) electrons. The summed E-state index contributed by atoms with van der Waals surface area (Å²) in [5.41, 5.74) is -0.0229. The van der Waals surface area contributed by atoms with Crippen molar-refractivity contribution in [2.75, 3.05) is 6.54 Å². The van der Waals surface area contributed by atoms with Crippen LogP contribution in [0.15, 0.2) is 30.3 Å². The first kappa shape index (κ1) is 19.4. The highest BCUT2D eigenvalue weighted by Gasteiger charge is 2.47. The first-order valence-corrected chi connectivity index (χ1v) is 8.49. The van der Waals surface area contributed by atoms with Crippen LogP contribution in [-0.4, -0.2) is 46.9 Å². The molecular formula is C18H24N4O4. The van der Waals surface area contributed by atoms with Crippen LogP contribution in [0.3, 0.4) is 0 Å². The lowest BCUT2D eigenvalue weighted by atomic mass is 9.93. The predicted molar refractivity (Wildman–Crippen MR) is 95.2 cm³/mol. The third-order valence-corrected chi connectivity index (χ3v) is 4.08. The molecule has 0 aromatic heterocycles. The second-order valence-corrected chi connectivity index (χ2v) is 6.82. The van der Waals surface area contributed by atoms with E-state index in [4.69, 9.17) is 0 Å². The van der Waals surface area contributed by atoms with Crippen LogP contribution in [0.4, 0.5) is 9.59 Å². The molecule has 1 aromatic carbocycles. The van der Waals surface area contributed by atoms with Crippen LogP contribution in [0, 0.1) is 0 Å². The first-order chi connectivity index (χ1) is 12.2. The van der Waals surface area contributed by atoms with E-state index in [1.165, 1.54) is 0 Å². The smallest absolute Gasteiger partial charge is 0.325 e. The highest BCUT2D eigenvalue weighted by molar-refractivity contribution is 6.09. The Hall–Kier alpha value is -2.90. The number of hydrogen-bond acceptors (Lipinski definition) is 4. The van der Waals surface area contributed by atoms with Crippen molar-refractivity contribution in [3.8, 4) is 0 Å². The fourth-order valence-electron chi connectivity index (χ4n) is 2.71. The fourth-order valence-corrected chi connectivity index (χ4v) is 2.71. The number of carbonyl (C=O) groups is 4. The molecule has 1 atom stereocenters. The monoisotopic (exact) mass is 360 g/mol. The molecule has 1 heterocycles. The number of carbonyl (C=O) groups excluding carboxylic acids is 4. The number of rotatable bonds is 6. The lowest BCUT2D eigenvalue weighted by molar-refractivity contribution is -0.134. The largest absolute Gasteiger partial charge is 0.336 e. The second-order valence-electron chi connectivity index (χ2n) is 6.82. The Bertz CT molecular complexity index is 704. The van der Waals surface area contributed by atoms with Crippen molar-refractivity contribution in [2.24, 2.45) is 0 Å². The average molecular weight is 360 g/mol. The molecule has 8 nitrogen and oxygen atoms in total. The van der Waals surface area contributed by atoms with Gasteiger partial charge >= 0.3 is 12.1 Å². The molecule has 3 N–H and O–H groups in total. The Labute approximate surface area is 152 Å². The van der Waals surface area contributed by atoms with Crippen molar-refractivity contribution >= 4 is 23.9 Å². The highest BCUT2D eigenvalue weighted by Crippen LogP contribution is 2.23. The molecule has 140 valence electrons. The number of benzene rings is 1. The maximum absolute atomic E-state index is 12.6. The van der Waals surface area contributed by atoms with Crippen molar-refractivity contribution in [1.29, 1.82) is 0 Å². The van der Waals surface area contributed by atoms with E-state index in [0.717, 1.165) is 10.5 Å². The molecule has 6 amide bonds. The molecule has 0 bridgehead atoms. The van der Waals surface area contributed by atoms with Gasteiger partial charge < -0.3 is 10.6 Å². The van der Waals surface area contributed by atoms with Crippen molar-refractivity contribution < 1.29 is 19.2 Å². The van der Waals surface area contributed by atoms with Gasteiger partial charge in [-0.2, -0.15) is 0 Å². The Balaban J connectivity index is 1.94. The molecule has 1 saturated heterocycles. The summed E-state index contributed by atoms with van der Waals surface area (Å²) in [5, 5.41) is 7.25. The molecule has 26 heavy (non-hydrogen) atoms. The van der Waals surface area contributed by atoms with E-state index < -0.39 is 36.0 Å². The van der Waals surface area contributed by atoms with Crippen LogP contribution in [0.1, 0.15) is 32.8 Å². The molecule has 0 unspecified atom stereocenters. The maximum atomic E-state index is 12.6. The molecule has 0 aliphatic carbocycles. The fraction of sp³-hybridized carbons (Fsp3) is 0.444. The lowest BCUT2D eigenvalue weighted by Crippen LogP contribution is -2.48. The molecule has 8 heteroatoms. The van der Waals surface area contributed by atoms with Crippen molar-refractivity contribution in [1.82, 2.24) is 20.9 Å². The maximum Gasteiger partial charge on any atom is 0.325 e. The predicted octanol–water partition coefficient (Wildman–Crippen LogP) is 1.16. The third kappa shape index (κ3) is 4.81. The van der Waals surface area contributed by atoms with Gasteiger partial charge in [0, 0.05) is 6.04 Å². The van der Waals surface area contributed by atoms with Crippen molar-refractivity contribution in [2.45, 2.75) is 45.2 Å². The minimum absolute atomic E-state index is 0.138. The lowest BCUT2D eigenvalue weighted by Gasteiger charge is -2.21. The van der Waals surface area contributed by atoms with Gasteiger partial charge in [-0.1, -0.05) is 30.3 Å². The topological polar surface area (TPSA) is 108 Å². The van der Waals surface area contributed by atoms with E-state index in [0.29, 0.717) is 12.8 Å². The van der Waals surface area contributed by atoms with Crippen LogP contribution in [0.2, 0.25) is 0 Å². The molecule has 1 aromatic rings. The van der Waals surface area contributed by atoms with Gasteiger partial charge in [0.2, 0.25) is 5.91 Å². The number of hydrogen-bond donors (Lipinski definition) is 3. The van der Waals surface area contributed by atoms with E-state index in [-0.39, 0.29) is 6.04 Å². The standard InChI is InChI=1S/C18H24N4O4/c1-12(2)19-16(25)20-14(23)11-22-15(24)18(3,21-17(22)26)10-9-13-7-5-4-6-8-13/h4-8,12H,9-11H2,1-3H3,(H,21,26)(H2,19,20,23,25)/t18-/m0/s1. The first-order valence-electron chi connectivity index (χ1n) is 8.49. The molecule has 1 fully saturated rings. The van der Waals surface area contributed by atoms with E-state index in [1.807, 2.05) is 30.3 Å². The van der Waals surface area contributed by atoms with Crippen LogP contribution in [-0.2, 0) is 16.0 Å². The van der Waals surface area contributed by atoms with Crippen molar-refractivity contribution in [3.63, 3.8) is 0 Å². The molecular weight excluding hydrogens is 336 g/mol. The SMILES string of the molecule is CC(C)NC(=O)NC(=O)CN1C(=O)N[C@@](C)(CCc2ccccc2)C1=O. The molecule has 0 saturated carbocycles. The summed E-state index contributed by atoms with van der Waals surface area (Å²) in [4.78, 5) is 49.0. The van der Waals surface area contributed by atoms with Crippen LogP contribution >= 0.6 is 0 Å². The summed E-state index contributed by atoms with van der Waals surface area (Å²) in [6.45, 7) is 4.63. The van der Waals surface area contributed by atoms with Crippen molar-refractivity contribution in [3.05, 3.63) is 35.9 Å². The molecule has 0 spiro atoms. The molecule has 2 rings (SSSR count). The Morgan fingerprint density at radius 2 is 1.85 bits per heavy atom. The zero-order chi connectivity index (χ0) is 19.3. The van der Waals surface area contributed by atoms with E-state index in [1.54, 1.807) is 20.8 Å². The van der Waals surface area contributed by atoms with Crippen LogP contribution in [0.5, 0.6) is 0 Å². The molecule has 1 aliphatic rings. The van der Waals surface area contributed by atoms with Gasteiger partial charge in [0.25, 0.3) is 5.91 Å². The van der Waals surface area contributed by atoms with E-state index >= 15 is 0 Å². The number of nitrogens with one attached hydrogen (secondary N) is 3. The van der Waals surface area contributed by atoms with E-state index in [9.17, 15) is 19.2 Å². The second kappa shape index (κ2) is 7.99. The quantitative estimate of drug-likeness (QED) is 0.662. The average Bonchev–Trinajstić information content (AvgIpc) is 2.77. The Kier molecular flexibility index (Phi) is 5.97. The Morgan fingerprint density at radius 3 is 2.46 bits per heavy atom. The zero-order valence-electron chi connectivity index (χ0n) is 15.2. The summed E-state index contributed by atoms with van der Waals surface area (Å²) in [7, 11) is 0. The third-order valence-electron chi connectivity index (χ3n) is 4.08. The highest BCUT2D eigenvalue weighted by atomic mass is 16.2. The summed E-state index contributed by atoms with van der Waals surface area (Å²) in [5.74, 6) is -1.20.